The lowest BCUT2D eigenvalue weighted by Gasteiger charge is -2.25. The highest BCUT2D eigenvalue weighted by atomic mass is 16.5. The highest BCUT2D eigenvalue weighted by Gasteiger charge is 2.42. The SMILES string of the molecule is CC1OC(C)C(C(O)c2ccc3c(c2)CC(C)(C)O3)C1C. The summed E-state index contributed by atoms with van der Waals surface area (Å²) in [6.45, 7) is 10.5. The first-order chi connectivity index (χ1) is 9.78. The van der Waals surface area contributed by atoms with Crippen LogP contribution in [-0.2, 0) is 11.2 Å². The van der Waals surface area contributed by atoms with E-state index in [4.69, 9.17) is 9.47 Å². The van der Waals surface area contributed by atoms with Gasteiger partial charge in [0.25, 0.3) is 0 Å². The van der Waals surface area contributed by atoms with Crippen molar-refractivity contribution in [1.82, 2.24) is 0 Å². The minimum absolute atomic E-state index is 0.0888. The number of benzene rings is 1. The summed E-state index contributed by atoms with van der Waals surface area (Å²) in [5, 5.41) is 10.8. The highest BCUT2D eigenvalue weighted by Crippen LogP contribution is 2.42. The third-order valence-corrected chi connectivity index (χ3v) is 5.11. The summed E-state index contributed by atoms with van der Waals surface area (Å²) in [6.07, 6.45) is 0.710. The second kappa shape index (κ2) is 4.99. The zero-order chi connectivity index (χ0) is 15.4. The van der Waals surface area contributed by atoms with Gasteiger partial charge in [-0.25, -0.2) is 0 Å². The van der Waals surface area contributed by atoms with Crippen LogP contribution in [0.1, 0.15) is 51.8 Å². The Morgan fingerprint density at radius 3 is 2.52 bits per heavy atom. The molecule has 3 nitrogen and oxygen atoms in total. The molecule has 1 fully saturated rings. The predicted octanol–water partition coefficient (Wildman–Crippen LogP) is 3.49. The van der Waals surface area contributed by atoms with Crippen LogP contribution in [0.4, 0.5) is 0 Å². The van der Waals surface area contributed by atoms with Crippen molar-refractivity contribution < 1.29 is 14.6 Å². The fourth-order valence-corrected chi connectivity index (χ4v) is 3.87. The Balaban J connectivity index is 1.85. The van der Waals surface area contributed by atoms with Gasteiger partial charge in [0.05, 0.1) is 18.3 Å². The van der Waals surface area contributed by atoms with Crippen molar-refractivity contribution in [2.45, 2.75) is 65.0 Å². The minimum atomic E-state index is -0.478. The van der Waals surface area contributed by atoms with Gasteiger partial charge in [0.1, 0.15) is 11.4 Å². The van der Waals surface area contributed by atoms with E-state index in [0.717, 1.165) is 17.7 Å². The Kier molecular flexibility index (Phi) is 3.53. The number of rotatable bonds is 2. The molecule has 2 aliphatic heterocycles. The predicted molar refractivity (Wildman–Crippen MR) is 82.5 cm³/mol. The maximum absolute atomic E-state index is 10.8. The van der Waals surface area contributed by atoms with Crippen molar-refractivity contribution in [2.75, 3.05) is 0 Å². The maximum Gasteiger partial charge on any atom is 0.123 e. The number of fused-ring (bicyclic) bond motifs is 1. The van der Waals surface area contributed by atoms with Gasteiger partial charge >= 0.3 is 0 Å². The molecule has 3 rings (SSSR count). The molecule has 0 amide bonds. The molecule has 0 aromatic heterocycles. The molecule has 1 aromatic carbocycles. The number of hydrogen-bond donors (Lipinski definition) is 1. The quantitative estimate of drug-likeness (QED) is 0.906. The van der Waals surface area contributed by atoms with Crippen molar-refractivity contribution in [3.05, 3.63) is 29.3 Å². The molecular weight excluding hydrogens is 264 g/mol. The third-order valence-electron chi connectivity index (χ3n) is 5.11. The lowest BCUT2D eigenvalue weighted by Crippen LogP contribution is -2.25. The molecule has 116 valence electrons. The molecule has 21 heavy (non-hydrogen) atoms. The van der Waals surface area contributed by atoms with Crippen LogP contribution in [0.3, 0.4) is 0 Å². The Bertz CT molecular complexity index is 537. The van der Waals surface area contributed by atoms with Crippen molar-refractivity contribution in [1.29, 1.82) is 0 Å². The Morgan fingerprint density at radius 1 is 1.19 bits per heavy atom. The second-order valence-corrected chi connectivity index (χ2v) is 7.33. The molecule has 0 radical (unpaired) electrons. The minimum Gasteiger partial charge on any atom is -0.487 e. The van der Waals surface area contributed by atoms with E-state index in [1.807, 2.05) is 12.1 Å². The number of hydrogen-bond acceptors (Lipinski definition) is 3. The van der Waals surface area contributed by atoms with Crippen molar-refractivity contribution in [2.24, 2.45) is 11.8 Å². The summed E-state index contributed by atoms with van der Waals surface area (Å²) in [5.74, 6) is 1.46. The summed E-state index contributed by atoms with van der Waals surface area (Å²) in [4.78, 5) is 0. The first-order valence-electron chi connectivity index (χ1n) is 7.94. The zero-order valence-electron chi connectivity index (χ0n) is 13.6. The maximum atomic E-state index is 10.8. The molecule has 1 N–H and O–H groups in total. The highest BCUT2D eigenvalue weighted by molar-refractivity contribution is 5.42. The summed E-state index contributed by atoms with van der Waals surface area (Å²) in [5.41, 5.74) is 2.04. The van der Waals surface area contributed by atoms with Gasteiger partial charge in [0.15, 0.2) is 0 Å². The van der Waals surface area contributed by atoms with Crippen LogP contribution < -0.4 is 4.74 Å². The molecule has 0 saturated carbocycles. The van der Waals surface area contributed by atoms with Gasteiger partial charge in [-0.15, -0.1) is 0 Å². The first kappa shape index (κ1) is 14.9. The Labute approximate surface area is 127 Å². The normalized spacial score (nSPS) is 35.3. The fraction of sp³-hybridized carbons (Fsp3) is 0.667. The Morgan fingerprint density at radius 2 is 1.90 bits per heavy atom. The van der Waals surface area contributed by atoms with Crippen molar-refractivity contribution in [3.8, 4) is 5.75 Å². The molecule has 1 saturated heterocycles. The van der Waals surface area contributed by atoms with Crippen LogP contribution in [0.15, 0.2) is 18.2 Å². The van der Waals surface area contributed by atoms with Crippen LogP contribution in [0.25, 0.3) is 0 Å². The Hall–Kier alpha value is -1.06. The van der Waals surface area contributed by atoms with E-state index in [1.165, 1.54) is 5.56 Å². The number of ether oxygens (including phenoxy) is 2. The van der Waals surface area contributed by atoms with E-state index in [0.29, 0.717) is 5.92 Å². The molecule has 5 unspecified atom stereocenters. The molecule has 5 atom stereocenters. The fourth-order valence-electron chi connectivity index (χ4n) is 3.87. The van der Waals surface area contributed by atoms with Gasteiger partial charge in [-0.05, 0) is 56.9 Å². The van der Waals surface area contributed by atoms with Gasteiger partial charge in [-0.1, -0.05) is 13.0 Å². The van der Waals surface area contributed by atoms with E-state index in [-0.39, 0.29) is 23.7 Å². The van der Waals surface area contributed by atoms with E-state index in [9.17, 15) is 5.11 Å². The van der Waals surface area contributed by atoms with Gasteiger partial charge in [-0.2, -0.15) is 0 Å². The molecule has 3 heteroatoms. The molecule has 2 aliphatic rings. The summed E-state index contributed by atoms with van der Waals surface area (Å²) >= 11 is 0. The van der Waals surface area contributed by atoms with E-state index < -0.39 is 6.10 Å². The zero-order valence-corrected chi connectivity index (χ0v) is 13.6. The van der Waals surface area contributed by atoms with Crippen molar-refractivity contribution in [3.63, 3.8) is 0 Å². The first-order valence-corrected chi connectivity index (χ1v) is 7.94. The second-order valence-electron chi connectivity index (χ2n) is 7.33. The average Bonchev–Trinajstić information content (AvgIpc) is 2.83. The van der Waals surface area contributed by atoms with Crippen LogP contribution in [0.5, 0.6) is 5.75 Å². The van der Waals surface area contributed by atoms with Crippen LogP contribution in [-0.4, -0.2) is 22.9 Å². The van der Waals surface area contributed by atoms with Gasteiger partial charge in [0.2, 0.25) is 0 Å². The molecule has 0 aliphatic carbocycles. The lowest BCUT2D eigenvalue weighted by molar-refractivity contribution is 0.0231. The monoisotopic (exact) mass is 290 g/mol. The van der Waals surface area contributed by atoms with Gasteiger partial charge < -0.3 is 14.6 Å². The number of aliphatic hydroxyl groups is 1. The van der Waals surface area contributed by atoms with Crippen LogP contribution in [0, 0.1) is 11.8 Å². The standard InChI is InChI=1S/C18H26O3/c1-10-11(2)20-12(3)16(10)17(19)13-6-7-15-14(8-13)9-18(4,5)21-15/h6-8,10-12,16-17,19H,9H2,1-5H3. The molecule has 2 heterocycles. The molecule has 1 aromatic rings. The number of aliphatic hydroxyl groups excluding tert-OH is 1. The topological polar surface area (TPSA) is 38.7 Å². The van der Waals surface area contributed by atoms with E-state index >= 15 is 0 Å². The summed E-state index contributed by atoms with van der Waals surface area (Å²) in [6, 6.07) is 6.10. The van der Waals surface area contributed by atoms with E-state index in [1.54, 1.807) is 0 Å². The smallest absolute Gasteiger partial charge is 0.123 e. The van der Waals surface area contributed by atoms with Crippen LogP contribution >= 0.6 is 0 Å². The lowest BCUT2D eigenvalue weighted by atomic mass is 9.82. The van der Waals surface area contributed by atoms with Gasteiger partial charge in [-0.3, -0.25) is 0 Å². The van der Waals surface area contributed by atoms with Crippen molar-refractivity contribution >= 4 is 0 Å². The average molecular weight is 290 g/mol. The molecular formula is C18H26O3. The van der Waals surface area contributed by atoms with E-state index in [2.05, 4.69) is 40.7 Å². The molecule has 0 spiro atoms. The largest absolute Gasteiger partial charge is 0.487 e. The van der Waals surface area contributed by atoms with Gasteiger partial charge in [0, 0.05) is 12.3 Å². The summed E-state index contributed by atoms with van der Waals surface area (Å²) in [7, 11) is 0. The summed E-state index contributed by atoms with van der Waals surface area (Å²) < 4.78 is 11.8. The molecule has 0 bridgehead atoms. The van der Waals surface area contributed by atoms with Crippen LogP contribution in [0.2, 0.25) is 0 Å². The third kappa shape index (κ3) is 2.58.